The quantitative estimate of drug-likeness (QED) is 0.591. The lowest BCUT2D eigenvalue weighted by Crippen LogP contribution is -2.30. The third kappa shape index (κ3) is 1.23. The summed E-state index contributed by atoms with van der Waals surface area (Å²) in [7, 11) is 0. The zero-order valence-electron chi connectivity index (χ0n) is 8.15. The van der Waals surface area contributed by atoms with E-state index in [9.17, 15) is 0 Å². The summed E-state index contributed by atoms with van der Waals surface area (Å²) in [5, 5.41) is 4.36. The van der Waals surface area contributed by atoms with E-state index in [1.165, 1.54) is 24.8 Å². The van der Waals surface area contributed by atoms with Gasteiger partial charge in [-0.25, -0.2) is 0 Å². The van der Waals surface area contributed by atoms with Crippen molar-refractivity contribution in [3.8, 4) is 0 Å². The van der Waals surface area contributed by atoms with Crippen LogP contribution in [0.3, 0.4) is 0 Å². The maximum absolute atomic E-state index is 5.66. The molecule has 0 bridgehead atoms. The predicted molar refractivity (Wildman–Crippen MR) is 58.7 cm³/mol. The van der Waals surface area contributed by atoms with E-state index in [1.807, 2.05) is 0 Å². The zero-order valence-corrected chi connectivity index (χ0v) is 8.96. The van der Waals surface area contributed by atoms with Crippen LogP contribution < -0.4 is 11.3 Å². The molecule has 1 aromatic rings. The summed E-state index contributed by atoms with van der Waals surface area (Å²) in [6, 6.07) is 2.61. The van der Waals surface area contributed by atoms with Crippen LogP contribution in [0, 0.1) is 17.8 Å². The predicted octanol–water partition coefficient (Wildman–Crippen LogP) is 2.30. The molecule has 3 unspecified atom stereocenters. The van der Waals surface area contributed by atoms with Gasteiger partial charge in [0.15, 0.2) is 0 Å². The van der Waals surface area contributed by atoms with Gasteiger partial charge in [0.1, 0.15) is 0 Å². The molecule has 0 saturated heterocycles. The number of nitrogens with two attached hydrogens (primary N) is 1. The summed E-state index contributed by atoms with van der Waals surface area (Å²) in [6.45, 7) is 0. The van der Waals surface area contributed by atoms with Crippen LogP contribution in [-0.4, -0.2) is 0 Å². The smallest absolute Gasteiger partial charge is 0.0501 e. The fourth-order valence-corrected chi connectivity index (χ4v) is 3.95. The molecule has 3 N–H and O–H groups in total. The Labute approximate surface area is 88.5 Å². The summed E-state index contributed by atoms with van der Waals surface area (Å²) in [6.07, 6.45) is 4.29. The molecule has 0 spiro atoms. The van der Waals surface area contributed by atoms with Crippen LogP contribution in [0.2, 0.25) is 0 Å². The van der Waals surface area contributed by atoms with Crippen molar-refractivity contribution < 1.29 is 0 Å². The molecule has 2 nitrogen and oxygen atoms in total. The first-order valence-corrected chi connectivity index (χ1v) is 6.34. The van der Waals surface area contributed by atoms with Crippen molar-refractivity contribution in [1.29, 1.82) is 0 Å². The van der Waals surface area contributed by atoms with Gasteiger partial charge < -0.3 is 0 Å². The molecule has 0 radical (unpaired) electrons. The largest absolute Gasteiger partial charge is 0.271 e. The zero-order chi connectivity index (χ0) is 9.54. The number of hydrogen-bond donors (Lipinski definition) is 2. The second-order valence-corrected chi connectivity index (χ2v) is 5.32. The highest BCUT2D eigenvalue weighted by Gasteiger charge is 2.55. The van der Waals surface area contributed by atoms with E-state index in [1.54, 1.807) is 11.3 Å². The molecule has 1 aromatic heterocycles. The minimum Gasteiger partial charge on any atom is -0.271 e. The Balaban J connectivity index is 1.77. The van der Waals surface area contributed by atoms with Crippen molar-refractivity contribution in [3.05, 3.63) is 22.4 Å². The summed E-state index contributed by atoms with van der Waals surface area (Å²) < 4.78 is 0. The lowest BCUT2D eigenvalue weighted by molar-refractivity contribution is 0.426. The number of hydrazine groups is 1. The van der Waals surface area contributed by atoms with Crippen LogP contribution in [0.25, 0.3) is 0 Å². The highest BCUT2D eigenvalue weighted by atomic mass is 32.1. The van der Waals surface area contributed by atoms with Gasteiger partial charge in [0.25, 0.3) is 0 Å². The molecule has 0 aliphatic heterocycles. The molecule has 3 rings (SSSR count). The Kier molecular flexibility index (Phi) is 2.11. The first-order chi connectivity index (χ1) is 6.92. The Morgan fingerprint density at radius 3 is 2.79 bits per heavy atom. The molecule has 2 aliphatic carbocycles. The van der Waals surface area contributed by atoms with Crippen molar-refractivity contribution in [2.75, 3.05) is 0 Å². The van der Waals surface area contributed by atoms with Crippen molar-refractivity contribution in [2.45, 2.75) is 25.3 Å². The summed E-state index contributed by atoms with van der Waals surface area (Å²) in [5.41, 5.74) is 4.39. The maximum atomic E-state index is 5.66. The summed E-state index contributed by atoms with van der Waals surface area (Å²) in [5.74, 6) is 8.42. The maximum Gasteiger partial charge on any atom is 0.0501 e. The fourth-order valence-electron chi connectivity index (χ4n) is 3.25. The number of nitrogens with one attached hydrogen (secondary N) is 1. The van der Waals surface area contributed by atoms with Crippen molar-refractivity contribution in [1.82, 2.24) is 5.43 Å². The van der Waals surface area contributed by atoms with Crippen LogP contribution in [0.4, 0.5) is 0 Å². The standard InChI is InChI=1S/C11H16N2S/c12-13-11(7-4-5-14-6-7)10-8-2-1-3-9(8)10/h4-6,8-11,13H,1-3,12H2. The topological polar surface area (TPSA) is 38.0 Å². The van der Waals surface area contributed by atoms with E-state index < -0.39 is 0 Å². The molecule has 2 saturated carbocycles. The molecule has 0 aromatic carbocycles. The Bertz CT molecular complexity index is 299. The average molecular weight is 208 g/mol. The normalized spacial score (nSPS) is 36.8. The first-order valence-electron chi connectivity index (χ1n) is 5.40. The molecule has 1 heterocycles. The molecular formula is C11H16N2S. The lowest BCUT2D eigenvalue weighted by Gasteiger charge is -2.16. The SMILES string of the molecule is NNC(c1ccsc1)C1C2CCCC21. The molecular weight excluding hydrogens is 192 g/mol. The minimum atomic E-state index is 0.413. The fraction of sp³-hybridized carbons (Fsp3) is 0.636. The lowest BCUT2D eigenvalue weighted by atomic mass is 10.00. The highest BCUT2D eigenvalue weighted by molar-refractivity contribution is 7.07. The molecule has 0 amide bonds. The van der Waals surface area contributed by atoms with Gasteiger partial charge in [0, 0.05) is 0 Å². The van der Waals surface area contributed by atoms with Crippen molar-refractivity contribution in [3.63, 3.8) is 0 Å². The molecule has 3 atom stereocenters. The van der Waals surface area contributed by atoms with Gasteiger partial charge in [0.05, 0.1) is 6.04 Å². The number of hydrogen-bond acceptors (Lipinski definition) is 3. The van der Waals surface area contributed by atoms with Gasteiger partial charge in [-0.2, -0.15) is 11.3 Å². The van der Waals surface area contributed by atoms with Crippen molar-refractivity contribution >= 4 is 11.3 Å². The number of thiophene rings is 1. The van der Waals surface area contributed by atoms with Gasteiger partial charge in [-0.1, -0.05) is 6.42 Å². The third-order valence-corrected chi connectivity index (χ3v) is 4.64. The van der Waals surface area contributed by atoms with E-state index in [0.29, 0.717) is 6.04 Å². The van der Waals surface area contributed by atoms with Gasteiger partial charge in [-0.3, -0.25) is 11.3 Å². The van der Waals surface area contributed by atoms with E-state index >= 15 is 0 Å². The number of rotatable bonds is 3. The Morgan fingerprint density at radius 2 is 2.21 bits per heavy atom. The third-order valence-electron chi connectivity index (χ3n) is 3.94. The van der Waals surface area contributed by atoms with Crippen LogP contribution in [0.1, 0.15) is 30.9 Å². The van der Waals surface area contributed by atoms with E-state index in [2.05, 4.69) is 22.3 Å². The van der Waals surface area contributed by atoms with E-state index in [4.69, 9.17) is 5.84 Å². The monoisotopic (exact) mass is 208 g/mol. The van der Waals surface area contributed by atoms with Crippen LogP contribution in [-0.2, 0) is 0 Å². The second-order valence-electron chi connectivity index (χ2n) is 4.54. The van der Waals surface area contributed by atoms with E-state index in [-0.39, 0.29) is 0 Å². The van der Waals surface area contributed by atoms with E-state index in [0.717, 1.165) is 17.8 Å². The van der Waals surface area contributed by atoms with Gasteiger partial charge in [-0.05, 0) is 53.0 Å². The van der Waals surface area contributed by atoms with Crippen LogP contribution >= 0.6 is 11.3 Å². The molecule has 2 fully saturated rings. The average Bonchev–Trinajstić information content (AvgIpc) is 2.67. The van der Waals surface area contributed by atoms with Crippen LogP contribution in [0.5, 0.6) is 0 Å². The van der Waals surface area contributed by atoms with Crippen LogP contribution in [0.15, 0.2) is 16.8 Å². The highest BCUT2D eigenvalue weighted by Crippen LogP contribution is 2.62. The number of fused-ring (bicyclic) bond motifs is 1. The molecule has 2 aliphatic rings. The van der Waals surface area contributed by atoms with Gasteiger partial charge in [0.2, 0.25) is 0 Å². The Morgan fingerprint density at radius 1 is 1.43 bits per heavy atom. The van der Waals surface area contributed by atoms with Gasteiger partial charge >= 0.3 is 0 Å². The molecule has 76 valence electrons. The second kappa shape index (κ2) is 3.33. The van der Waals surface area contributed by atoms with Gasteiger partial charge in [-0.15, -0.1) is 0 Å². The first kappa shape index (κ1) is 8.89. The van der Waals surface area contributed by atoms with Crippen molar-refractivity contribution in [2.24, 2.45) is 23.6 Å². The minimum absolute atomic E-state index is 0.413. The summed E-state index contributed by atoms with van der Waals surface area (Å²) >= 11 is 1.76. The summed E-state index contributed by atoms with van der Waals surface area (Å²) in [4.78, 5) is 0. The molecule has 3 heteroatoms. The molecule has 14 heavy (non-hydrogen) atoms. The Hall–Kier alpha value is -0.380.